The van der Waals surface area contributed by atoms with Crippen molar-refractivity contribution in [3.63, 3.8) is 0 Å². The molecule has 190 valence electrons. The molecule has 1 unspecified atom stereocenters. The molecule has 0 aliphatic carbocycles. The summed E-state index contributed by atoms with van der Waals surface area (Å²) in [5.41, 5.74) is 3.59. The van der Waals surface area contributed by atoms with Crippen LogP contribution in [0.15, 0.2) is 80.4 Å². The van der Waals surface area contributed by atoms with Gasteiger partial charge >= 0.3 is 0 Å². The lowest BCUT2D eigenvalue weighted by Crippen LogP contribution is -2.29. The van der Waals surface area contributed by atoms with Crippen LogP contribution >= 0.6 is 15.9 Å². The van der Waals surface area contributed by atoms with Gasteiger partial charge in [0.05, 0.1) is 23.6 Å². The molecule has 0 N–H and O–H groups in total. The van der Waals surface area contributed by atoms with Crippen molar-refractivity contribution in [3.05, 3.63) is 109 Å². The normalized spacial score (nSPS) is 14.8. The average Bonchev–Trinajstić information content (AvgIpc) is 3.17. The van der Waals surface area contributed by atoms with Crippen LogP contribution in [0.3, 0.4) is 0 Å². The van der Waals surface area contributed by atoms with Crippen molar-refractivity contribution in [2.45, 2.75) is 52.1 Å². The molecule has 37 heavy (non-hydrogen) atoms. The molecule has 1 aliphatic heterocycles. The van der Waals surface area contributed by atoms with Crippen LogP contribution in [-0.4, -0.2) is 17.4 Å². The fourth-order valence-electron chi connectivity index (χ4n) is 4.86. The van der Waals surface area contributed by atoms with Gasteiger partial charge in [0.1, 0.15) is 11.3 Å². The van der Waals surface area contributed by atoms with Crippen LogP contribution < -0.4 is 10.2 Å². The topological polar surface area (TPSA) is 59.8 Å². The second-order valence-electron chi connectivity index (χ2n) is 9.61. The van der Waals surface area contributed by atoms with Crippen LogP contribution in [-0.2, 0) is 6.54 Å². The lowest BCUT2D eigenvalue weighted by molar-refractivity contribution is 0.0714. The largest absolute Gasteiger partial charge is 0.494 e. The van der Waals surface area contributed by atoms with Crippen molar-refractivity contribution in [3.8, 4) is 5.75 Å². The van der Waals surface area contributed by atoms with Crippen molar-refractivity contribution in [1.82, 2.24) is 4.90 Å². The molecule has 0 spiro atoms. The lowest BCUT2D eigenvalue weighted by atomic mass is 9.98. The van der Waals surface area contributed by atoms with Gasteiger partial charge in [0.2, 0.25) is 5.76 Å². The number of amides is 1. The Morgan fingerprint density at radius 2 is 1.70 bits per heavy atom. The molecule has 0 saturated heterocycles. The highest BCUT2D eigenvalue weighted by Gasteiger charge is 2.42. The third-order valence-corrected chi connectivity index (χ3v) is 7.36. The van der Waals surface area contributed by atoms with Crippen molar-refractivity contribution in [1.29, 1.82) is 0 Å². The predicted octanol–water partition coefficient (Wildman–Crippen LogP) is 7.57. The summed E-state index contributed by atoms with van der Waals surface area (Å²) in [6.45, 7) is 5.26. The SMILES string of the molecule is CCCCCCOc1ccc(C2c3c(oc4ccc(Br)cc4c3=O)C(=O)N2Cc2ccc(C)cc2)cc1. The Bertz CT molecular complexity index is 1470. The second kappa shape index (κ2) is 10.9. The minimum Gasteiger partial charge on any atom is -0.494 e. The highest BCUT2D eigenvalue weighted by molar-refractivity contribution is 9.10. The summed E-state index contributed by atoms with van der Waals surface area (Å²) in [6, 6.07) is 20.5. The minimum atomic E-state index is -0.554. The highest BCUT2D eigenvalue weighted by Crippen LogP contribution is 2.39. The average molecular weight is 560 g/mol. The Labute approximate surface area is 225 Å². The molecule has 3 aromatic carbocycles. The Kier molecular flexibility index (Phi) is 7.47. The number of carbonyl (C=O) groups is 1. The van der Waals surface area contributed by atoms with E-state index in [0.29, 0.717) is 29.7 Å². The number of unbranched alkanes of at least 4 members (excludes halogenated alkanes) is 3. The number of nitrogens with zero attached hydrogens (tertiary/aromatic N) is 1. The van der Waals surface area contributed by atoms with Gasteiger partial charge < -0.3 is 14.1 Å². The molecular formula is C31H30BrNO4. The van der Waals surface area contributed by atoms with E-state index in [2.05, 4.69) is 22.9 Å². The summed E-state index contributed by atoms with van der Waals surface area (Å²) < 4.78 is 12.8. The number of carbonyl (C=O) groups excluding carboxylic acids is 1. The maximum atomic E-state index is 13.8. The predicted molar refractivity (Wildman–Crippen MR) is 149 cm³/mol. The van der Waals surface area contributed by atoms with E-state index in [-0.39, 0.29) is 17.1 Å². The highest BCUT2D eigenvalue weighted by atomic mass is 79.9. The number of halogens is 1. The van der Waals surface area contributed by atoms with Crippen molar-refractivity contribution >= 4 is 32.8 Å². The quantitative estimate of drug-likeness (QED) is 0.198. The van der Waals surface area contributed by atoms with E-state index in [9.17, 15) is 9.59 Å². The van der Waals surface area contributed by atoms with Crippen LogP contribution in [0.2, 0.25) is 0 Å². The fourth-order valence-corrected chi connectivity index (χ4v) is 5.22. The first-order valence-corrected chi connectivity index (χ1v) is 13.6. The van der Waals surface area contributed by atoms with E-state index in [1.54, 1.807) is 23.1 Å². The van der Waals surface area contributed by atoms with Crippen LogP contribution in [0.4, 0.5) is 0 Å². The van der Waals surface area contributed by atoms with Crippen LogP contribution in [0, 0.1) is 6.92 Å². The van der Waals surface area contributed by atoms with Crippen LogP contribution in [0.25, 0.3) is 11.0 Å². The standard InChI is InChI=1S/C31H30BrNO4/c1-3-4-5-6-17-36-24-14-11-22(12-15-24)28-27-29(34)25-18-23(32)13-16-26(25)37-30(27)31(35)33(28)19-21-9-7-20(2)8-10-21/h7-16,18,28H,3-6,17,19H2,1-2H3. The molecule has 0 radical (unpaired) electrons. The Hall–Kier alpha value is -3.38. The molecule has 1 atom stereocenters. The third kappa shape index (κ3) is 5.21. The third-order valence-electron chi connectivity index (χ3n) is 6.86. The molecule has 6 heteroatoms. The number of fused-ring (bicyclic) bond motifs is 2. The summed E-state index contributed by atoms with van der Waals surface area (Å²) >= 11 is 3.45. The van der Waals surface area contributed by atoms with Gasteiger partial charge in [-0.25, -0.2) is 0 Å². The molecule has 0 saturated carbocycles. The van der Waals surface area contributed by atoms with Crippen LogP contribution in [0.5, 0.6) is 5.75 Å². The summed E-state index contributed by atoms with van der Waals surface area (Å²) in [5.74, 6) is 0.622. The Morgan fingerprint density at radius 1 is 0.946 bits per heavy atom. The molecule has 0 fully saturated rings. The first-order chi connectivity index (χ1) is 18.0. The molecule has 1 amide bonds. The van der Waals surface area contributed by atoms with Gasteiger partial charge in [-0.1, -0.05) is 84.1 Å². The van der Waals surface area contributed by atoms with Gasteiger partial charge in [0, 0.05) is 11.0 Å². The smallest absolute Gasteiger partial charge is 0.291 e. The zero-order chi connectivity index (χ0) is 25.9. The summed E-state index contributed by atoms with van der Waals surface area (Å²) in [6.07, 6.45) is 4.58. The monoisotopic (exact) mass is 559 g/mol. The zero-order valence-corrected chi connectivity index (χ0v) is 22.7. The zero-order valence-electron chi connectivity index (χ0n) is 21.1. The van der Waals surface area contributed by atoms with Crippen molar-refractivity contribution in [2.24, 2.45) is 0 Å². The number of hydrogen-bond acceptors (Lipinski definition) is 4. The molecule has 1 aromatic heterocycles. The van der Waals surface area contributed by atoms with Gasteiger partial charge in [-0.05, 0) is 54.8 Å². The maximum Gasteiger partial charge on any atom is 0.291 e. The van der Waals surface area contributed by atoms with Crippen LogP contribution in [0.1, 0.15) is 71.5 Å². The first-order valence-electron chi connectivity index (χ1n) is 12.8. The summed E-state index contributed by atoms with van der Waals surface area (Å²) in [4.78, 5) is 29.2. The maximum absolute atomic E-state index is 13.8. The summed E-state index contributed by atoms with van der Waals surface area (Å²) in [7, 11) is 0. The van der Waals surface area contributed by atoms with E-state index >= 15 is 0 Å². The number of aryl methyl sites for hydroxylation is 1. The van der Waals surface area contributed by atoms with E-state index in [4.69, 9.17) is 9.15 Å². The van der Waals surface area contributed by atoms with Gasteiger partial charge in [0.25, 0.3) is 5.91 Å². The molecule has 0 bridgehead atoms. The second-order valence-corrected chi connectivity index (χ2v) is 10.5. The number of benzene rings is 3. The van der Waals surface area contributed by atoms with E-state index in [1.165, 1.54) is 12.8 Å². The number of ether oxygens (including phenoxy) is 1. The minimum absolute atomic E-state index is 0.119. The van der Waals surface area contributed by atoms with E-state index < -0.39 is 6.04 Å². The molecule has 1 aliphatic rings. The lowest BCUT2D eigenvalue weighted by Gasteiger charge is -2.25. The molecular weight excluding hydrogens is 530 g/mol. The number of rotatable bonds is 9. The first kappa shape index (κ1) is 25.3. The molecule has 4 aromatic rings. The number of hydrogen-bond donors (Lipinski definition) is 0. The Morgan fingerprint density at radius 3 is 2.43 bits per heavy atom. The molecule has 5 nitrogen and oxygen atoms in total. The molecule has 2 heterocycles. The van der Waals surface area contributed by atoms with E-state index in [1.807, 2.05) is 55.5 Å². The Balaban J connectivity index is 1.53. The van der Waals surface area contributed by atoms with Gasteiger partial charge in [-0.2, -0.15) is 0 Å². The summed E-state index contributed by atoms with van der Waals surface area (Å²) in [5, 5.41) is 0.454. The van der Waals surface area contributed by atoms with E-state index in [0.717, 1.165) is 39.8 Å². The van der Waals surface area contributed by atoms with Gasteiger partial charge in [0.15, 0.2) is 5.43 Å². The van der Waals surface area contributed by atoms with Gasteiger partial charge in [-0.3, -0.25) is 9.59 Å². The molecule has 5 rings (SSSR count). The van der Waals surface area contributed by atoms with Gasteiger partial charge in [-0.15, -0.1) is 0 Å². The van der Waals surface area contributed by atoms with Crippen molar-refractivity contribution in [2.75, 3.05) is 6.61 Å². The fraction of sp³-hybridized carbons (Fsp3) is 0.290. The van der Waals surface area contributed by atoms with Crippen molar-refractivity contribution < 1.29 is 13.9 Å².